The Hall–Kier alpha value is -2.81. The number of aliphatic hydroxyl groups is 1. The largest absolute Gasteiger partial charge is 0.443 e. The zero-order chi connectivity index (χ0) is 32.0. The molecular formula is C33H42N4O7S2. The van der Waals surface area contributed by atoms with Crippen LogP contribution >= 0.6 is 11.3 Å². The smallest absolute Gasteiger partial charge is 0.407 e. The fourth-order valence-corrected chi connectivity index (χ4v) is 9.56. The lowest BCUT2D eigenvalue weighted by molar-refractivity contribution is -0.147. The number of alkyl carbamates (subject to hydrolysis) is 1. The van der Waals surface area contributed by atoms with Crippen LogP contribution in [0.3, 0.4) is 0 Å². The summed E-state index contributed by atoms with van der Waals surface area (Å²) in [4.78, 5) is 18.1. The van der Waals surface area contributed by atoms with Gasteiger partial charge in [-0.2, -0.15) is 4.31 Å². The van der Waals surface area contributed by atoms with Crippen LogP contribution in [-0.4, -0.2) is 85.3 Å². The van der Waals surface area contributed by atoms with Gasteiger partial charge in [0.1, 0.15) is 6.10 Å². The number of aromatic nitrogens is 1. The number of nitrogens with zero attached hydrogens (tertiary/aromatic N) is 2. The van der Waals surface area contributed by atoms with Gasteiger partial charge in [-0.05, 0) is 67.7 Å². The number of amides is 1. The Morgan fingerprint density at radius 1 is 1.15 bits per heavy atom. The Morgan fingerprint density at radius 2 is 1.96 bits per heavy atom. The molecule has 1 amide bonds. The molecule has 0 spiro atoms. The topological polar surface area (TPSA) is 139 Å². The summed E-state index contributed by atoms with van der Waals surface area (Å²) < 4.78 is 47.9. The Balaban J connectivity index is 1.08. The molecule has 46 heavy (non-hydrogen) atoms. The first-order chi connectivity index (χ1) is 22.1. The van der Waals surface area contributed by atoms with E-state index in [1.54, 1.807) is 18.2 Å². The Labute approximate surface area is 273 Å². The monoisotopic (exact) mass is 670 g/mol. The van der Waals surface area contributed by atoms with Crippen molar-refractivity contribution >= 4 is 42.8 Å². The van der Waals surface area contributed by atoms with Crippen LogP contribution in [0.2, 0.25) is 0 Å². The molecule has 4 aliphatic rings. The highest BCUT2D eigenvalue weighted by Gasteiger charge is 2.54. The first-order valence-electron chi connectivity index (χ1n) is 16.3. The van der Waals surface area contributed by atoms with Crippen molar-refractivity contribution in [1.82, 2.24) is 14.6 Å². The summed E-state index contributed by atoms with van der Waals surface area (Å²) in [5.74, 6) is 0.648. The van der Waals surface area contributed by atoms with Crippen LogP contribution in [0, 0.1) is 17.8 Å². The number of hydrogen-bond acceptors (Lipinski definition) is 10. The van der Waals surface area contributed by atoms with E-state index in [0.717, 1.165) is 40.2 Å². The molecule has 4 fully saturated rings. The van der Waals surface area contributed by atoms with Crippen LogP contribution in [0.5, 0.6) is 0 Å². The number of benzene rings is 2. The minimum Gasteiger partial charge on any atom is -0.443 e. The third kappa shape index (κ3) is 6.90. The first-order valence-corrected chi connectivity index (χ1v) is 18.5. The molecule has 1 unspecified atom stereocenters. The molecule has 7 rings (SSSR count). The number of ether oxygens (including phenoxy) is 3. The molecule has 11 nitrogen and oxygen atoms in total. The number of carbonyl (C=O) groups excluding carboxylic acids is 1. The number of anilines is 1. The SMILES string of the molecule is CC(C)CN(C[C@@H](O)[C@H](Cc1ccccc1)NC(=O)O[C@H]1C[C@H]2CO[C@H]3OC1C[C@@H]23)S(=O)(=O)c1ccc2nc(NC3CC3)sc2c1. The third-order valence-electron chi connectivity index (χ3n) is 9.38. The lowest BCUT2D eigenvalue weighted by Crippen LogP contribution is -2.52. The third-order valence-corrected chi connectivity index (χ3v) is 12.2. The molecule has 3 N–H and O–H groups in total. The van der Waals surface area contributed by atoms with E-state index in [-0.39, 0.29) is 36.3 Å². The lowest BCUT2D eigenvalue weighted by atomic mass is 9.80. The van der Waals surface area contributed by atoms with E-state index in [1.165, 1.54) is 15.6 Å². The Kier molecular flexibility index (Phi) is 8.98. The molecule has 1 aromatic heterocycles. The number of nitrogens with one attached hydrogen (secondary N) is 2. The van der Waals surface area contributed by atoms with Gasteiger partial charge in [0.2, 0.25) is 10.0 Å². The summed E-state index contributed by atoms with van der Waals surface area (Å²) >= 11 is 1.44. The van der Waals surface area contributed by atoms with Crippen LogP contribution in [0.4, 0.5) is 9.93 Å². The normalized spacial score (nSPS) is 26.8. The van der Waals surface area contributed by atoms with Gasteiger partial charge >= 0.3 is 6.09 Å². The van der Waals surface area contributed by atoms with Crippen molar-refractivity contribution in [3.05, 3.63) is 54.1 Å². The average Bonchev–Trinajstić information content (AvgIpc) is 3.43. The fraction of sp³-hybridized carbons (Fsp3) is 0.576. The van der Waals surface area contributed by atoms with Crippen molar-refractivity contribution in [2.45, 2.75) is 87.5 Å². The second-order valence-electron chi connectivity index (χ2n) is 13.5. The molecule has 13 heteroatoms. The number of rotatable bonds is 13. The highest BCUT2D eigenvalue weighted by atomic mass is 32.2. The molecule has 7 atom stereocenters. The van der Waals surface area contributed by atoms with Crippen LogP contribution in [0.15, 0.2) is 53.4 Å². The van der Waals surface area contributed by atoms with Crippen molar-refractivity contribution in [2.24, 2.45) is 17.8 Å². The highest BCUT2D eigenvalue weighted by molar-refractivity contribution is 7.89. The number of aliphatic hydroxyl groups excluding tert-OH is 1. The van der Waals surface area contributed by atoms with E-state index in [2.05, 4.69) is 15.6 Å². The summed E-state index contributed by atoms with van der Waals surface area (Å²) in [6.07, 6.45) is 1.31. The van der Waals surface area contributed by atoms with Crippen molar-refractivity contribution in [3.63, 3.8) is 0 Å². The number of fused-ring (bicyclic) bond motifs is 2. The summed E-state index contributed by atoms with van der Waals surface area (Å²) in [6.45, 7) is 4.47. The second-order valence-corrected chi connectivity index (χ2v) is 16.5. The molecule has 248 valence electrons. The molecule has 2 saturated carbocycles. The average molecular weight is 671 g/mol. The van der Waals surface area contributed by atoms with Crippen LogP contribution < -0.4 is 10.6 Å². The van der Waals surface area contributed by atoms with Crippen LogP contribution in [0.25, 0.3) is 10.2 Å². The second kappa shape index (κ2) is 13.0. The maximum Gasteiger partial charge on any atom is 0.407 e. The first kappa shape index (κ1) is 31.8. The van der Waals surface area contributed by atoms with Gasteiger partial charge in [0.25, 0.3) is 0 Å². The molecule has 2 saturated heterocycles. The van der Waals surface area contributed by atoms with E-state index < -0.39 is 34.4 Å². The summed E-state index contributed by atoms with van der Waals surface area (Å²) in [5.41, 5.74) is 1.63. The lowest BCUT2D eigenvalue weighted by Gasteiger charge is -2.33. The van der Waals surface area contributed by atoms with Crippen molar-refractivity contribution in [1.29, 1.82) is 0 Å². The maximum absolute atomic E-state index is 14.1. The molecule has 3 heterocycles. The molecule has 2 aliphatic carbocycles. The van der Waals surface area contributed by atoms with Crippen molar-refractivity contribution in [3.8, 4) is 0 Å². The molecule has 2 aliphatic heterocycles. The van der Waals surface area contributed by atoms with Crippen LogP contribution in [0.1, 0.15) is 45.1 Å². The predicted octanol–water partition coefficient (Wildman–Crippen LogP) is 4.37. The van der Waals surface area contributed by atoms with Crippen LogP contribution in [-0.2, 0) is 30.7 Å². The number of carbonyl (C=O) groups is 1. The van der Waals surface area contributed by atoms with E-state index in [9.17, 15) is 18.3 Å². The highest BCUT2D eigenvalue weighted by Crippen LogP contribution is 2.47. The van der Waals surface area contributed by atoms with E-state index >= 15 is 0 Å². The van der Waals surface area contributed by atoms with Crippen molar-refractivity contribution in [2.75, 3.05) is 25.0 Å². The number of thiazole rings is 1. The Bertz CT molecular complexity index is 1650. The van der Waals surface area contributed by atoms with Gasteiger partial charge in [-0.3, -0.25) is 0 Å². The van der Waals surface area contributed by atoms with Gasteiger partial charge in [0, 0.05) is 25.0 Å². The summed E-state index contributed by atoms with van der Waals surface area (Å²) in [7, 11) is -3.99. The van der Waals surface area contributed by atoms with Gasteiger partial charge < -0.3 is 30.0 Å². The van der Waals surface area contributed by atoms with E-state index in [0.29, 0.717) is 37.3 Å². The zero-order valence-electron chi connectivity index (χ0n) is 26.1. The van der Waals surface area contributed by atoms with Gasteiger partial charge in [0.05, 0.1) is 40.0 Å². The van der Waals surface area contributed by atoms with E-state index in [1.807, 2.05) is 44.2 Å². The quantitative estimate of drug-likeness (QED) is 0.242. The van der Waals surface area contributed by atoms with Gasteiger partial charge in [0.15, 0.2) is 11.4 Å². The van der Waals surface area contributed by atoms with Gasteiger partial charge in [-0.15, -0.1) is 0 Å². The maximum atomic E-state index is 14.1. The minimum absolute atomic E-state index is 0.00481. The van der Waals surface area contributed by atoms with Crippen molar-refractivity contribution < 1.29 is 32.5 Å². The zero-order valence-corrected chi connectivity index (χ0v) is 27.7. The fourth-order valence-electron chi connectivity index (χ4n) is 6.85. The number of hydrogen-bond donors (Lipinski definition) is 3. The molecular weight excluding hydrogens is 629 g/mol. The van der Waals surface area contributed by atoms with Gasteiger partial charge in [-0.25, -0.2) is 18.2 Å². The standard InChI is InChI=1S/C33H42N4O7S2/c1-19(2)16-37(46(40,41)23-10-11-25-30(14-23)45-32(35-25)34-22-8-9-22)17-27(38)26(12-20-6-4-3-5-7-20)36-33(39)44-28-13-21-18-42-31-24(21)15-29(28)43-31/h3-7,10-11,14,19,21-22,24,26-29,31,38H,8-9,12-13,15-18H2,1-2H3,(H,34,35)(H,36,39)/t21-,24-,26-,27+,28-,29?,31-/m0/s1. The van der Waals surface area contributed by atoms with E-state index in [4.69, 9.17) is 14.2 Å². The molecule has 2 bridgehead atoms. The Morgan fingerprint density at radius 3 is 2.72 bits per heavy atom. The molecule has 0 radical (unpaired) electrons. The molecule has 2 aromatic carbocycles. The summed E-state index contributed by atoms with van der Waals surface area (Å²) in [6, 6.07) is 14.1. The van der Waals surface area contributed by atoms with Gasteiger partial charge in [-0.1, -0.05) is 55.5 Å². The summed E-state index contributed by atoms with van der Waals surface area (Å²) in [5, 5.41) is 18.7. The predicted molar refractivity (Wildman–Crippen MR) is 174 cm³/mol. The minimum atomic E-state index is -3.99. The molecule has 3 aromatic rings. The number of sulfonamides is 1.